The van der Waals surface area contributed by atoms with Gasteiger partial charge >= 0.3 is 12.2 Å². The van der Waals surface area contributed by atoms with Crippen molar-refractivity contribution in [3.05, 3.63) is 35.9 Å². The van der Waals surface area contributed by atoms with Crippen molar-refractivity contribution < 1.29 is 19.1 Å². The van der Waals surface area contributed by atoms with Gasteiger partial charge in [-0.3, -0.25) is 0 Å². The Balaban J connectivity index is 1.82. The number of likely N-dealkylation sites (tertiary alicyclic amines) is 1. The largest absolute Gasteiger partial charge is 0.445 e. The smallest absolute Gasteiger partial charge is 0.410 e. The highest BCUT2D eigenvalue weighted by Gasteiger charge is 2.35. The average Bonchev–Trinajstić information content (AvgIpc) is 2.84. The summed E-state index contributed by atoms with van der Waals surface area (Å²) in [6.45, 7) is 8.06. The molecule has 2 atom stereocenters. The van der Waals surface area contributed by atoms with E-state index in [9.17, 15) is 9.59 Å². The standard InChI is InChI=1S/C18H26N2O4/c1-13-10-15(19-16(21)24-18(2,3)4)11-20(13)17(22)23-12-14-8-6-5-7-9-14/h5-9,13,15H,10-12H2,1-4H3,(H,19,21)/t13-,15-/m1/s1. The lowest BCUT2D eigenvalue weighted by Crippen LogP contribution is -2.41. The van der Waals surface area contributed by atoms with Gasteiger partial charge in [-0.25, -0.2) is 9.59 Å². The van der Waals surface area contributed by atoms with Crippen LogP contribution in [-0.2, 0) is 16.1 Å². The molecule has 6 nitrogen and oxygen atoms in total. The summed E-state index contributed by atoms with van der Waals surface area (Å²) in [6.07, 6.45) is -0.140. The van der Waals surface area contributed by atoms with Crippen LogP contribution in [-0.4, -0.2) is 41.3 Å². The second-order valence-corrected chi connectivity index (χ2v) is 7.12. The monoisotopic (exact) mass is 334 g/mol. The minimum atomic E-state index is -0.539. The predicted octanol–water partition coefficient (Wildman–Crippen LogP) is 3.31. The molecule has 1 aliphatic heterocycles. The molecule has 0 aromatic heterocycles. The summed E-state index contributed by atoms with van der Waals surface area (Å²) in [5, 5.41) is 2.81. The SMILES string of the molecule is C[C@@H]1C[C@@H](NC(=O)OC(C)(C)C)CN1C(=O)OCc1ccccc1. The molecule has 2 amide bonds. The summed E-state index contributed by atoms with van der Waals surface area (Å²) >= 11 is 0. The van der Waals surface area contributed by atoms with E-state index < -0.39 is 11.7 Å². The average molecular weight is 334 g/mol. The number of hydrogen-bond donors (Lipinski definition) is 1. The number of carbonyl (C=O) groups excluding carboxylic acids is 2. The molecule has 1 N–H and O–H groups in total. The van der Waals surface area contributed by atoms with Crippen LogP contribution in [0.2, 0.25) is 0 Å². The molecule has 0 unspecified atom stereocenters. The molecular weight excluding hydrogens is 308 g/mol. The Morgan fingerprint density at radius 2 is 1.92 bits per heavy atom. The third-order valence-corrected chi connectivity index (χ3v) is 3.74. The molecule has 0 bridgehead atoms. The van der Waals surface area contributed by atoms with E-state index >= 15 is 0 Å². The van der Waals surface area contributed by atoms with Crippen molar-refractivity contribution in [1.82, 2.24) is 10.2 Å². The van der Waals surface area contributed by atoms with Gasteiger partial charge in [0, 0.05) is 12.6 Å². The number of hydrogen-bond acceptors (Lipinski definition) is 4. The van der Waals surface area contributed by atoms with Crippen molar-refractivity contribution in [2.75, 3.05) is 6.54 Å². The fourth-order valence-electron chi connectivity index (χ4n) is 2.67. The normalized spacial score (nSPS) is 20.6. The van der Waals surface area contributed by atoms with Crippen LogP contribution < -0.4 is 5.32 Å². The highest BCUT2D eigenvalue weighted by Crippen LogP contribution is 2.19. The third-order valence-electron chi connectivity index (χ3n) is 3.74. The summed E-state index contributed by atoms with van der Waals surface area (Å²) < 4.78 is 10.6. The molecule has 0 spiro atoms. The van der Waals surface area contributed by atoms with Gasteiger partial charge in [0.2, 0.25) is 0 Å². The molecule has 1 aromatic carbocycles. The maximum Gasteiger partial charge on any atom is 0.410 e. The van der Waals surface area contributed by atoms with Crippen molar-refractivity contribution in [2.45, 2.75) is 58.4 Å². The van der Waals surface area contributed by atoms with Gasteiger partial charge in [0.15, 0.2) is 0 Å². The summed E-state index contributed by atoms with van der Waals surface area (Å²) in [5.74, 6) is 0. The van der Waals surface area contributed by atoms with E-state index in [0.717, 1.165) is 5.56 Å². The minimum absolute atomic E-state index is 0.00760. The molecule has 2 rings (SSSR count). The molecule has 24 heavy (non-hydrogen) atoms. The van der Waals surface area contributed by atoms with Gasteiger partial charge in [0.05, 0.1) is 6.04 Å². The lowest BCUT2D eigenvalue weighted by atomic mass is 10.2. The zero-order valence-corrected chi connectivity index (χ0v) is 14.7. The Morgan fingerprint density at radius 3 is 2.54 bits per heavy atom. The Hall–Kier alpha value is -2.24. The van der Waals surface area contributed by atoms with E-state index in [4.69, 9.17) is 9.47 Å². The van der Waals surface area contributed by atoms with Crippen LogP contribution in [0.1, 0.15) is 39.7 Å². The first-order chi connectivity index (χ1) is 11.2. The number of amides is 2. The Bertz CT molecular complexity index is 568. The van der Waals surface area contributed by atoms with Crippen LogP contribution in [0.4, 0.5) is 9.59 Å². The highest BCUT2D eigenvalue weighted by molar-refractivity contribution is 5.70. The summed E-state index contributed by atoms with van der Waals surface area (Å²) in [6, 6.07) is 9.43. The molecule has 1 saturated heterocycles. The van der Waals surface area contributed by atoms with Gasteiger partial charge in [-0.05, 0) is 39.7 Å². The van der Waals surface area contributed by atoms with E-state index in [1.807, 2.05) is 58.0 Å². The summed E-state index contributed by atoms with van der Waals surface area (Å²) in [7, 11) is 0. The molecule has 0 aliphatic carbocycles. The Kier molecular flexibility index (Phi) is 5.70. The Labute approximate surface area is 143 Å². The van der Waals surface area contributed by atoms with Gasteiger partial charge in [-0.2, -0.15) is 0 Å². The van der Waals surface area contributed by atoms with Crippen LogP contribution in [0.15, 0.2) is 30.3 Å². The van der Waals surface area contributed by atoms with Crippen LogP contribution >= 0.6 is 0 Å². The molecule has 1 aromatic rings. The lowest BCUT2D eigenvalue weighted by molar-refractivity contribution is 0.0502. The molecule has 1 aliphatic rings. The van der Waals surface area contributed by atoms with Gasteiger partial charge in [0.1, 0.15) is 12.2 Å². The minimum Gasteiger partial charge on any atom is -0.445 e. The Morgan fingerprint density at radius 1 is 1.25 bits per heavy atom. The van der Waals surface area contributed by atoms with Crippen molar-refractivity contribution in [3.8, 4) is 0 Å². The quantitative estimate of drug-likeness (QED) is 0.921. The van der Waals surface area contributed by atoms with Crippen LogP contribution in [0.5, 0.6) is 0 Å². The van der Waals surface area contributed by atoms with Crippen LogP contribution in [0.25, 0.3) is 0 Å². The molecule has 1 heterocycles. The number of benzene rings is 1. The first-order valence-electron chi connectivity index (χ1n) is 8.21. The molecule has 0 radical (unpaired) electrons. The molecule has 0 saturated carbocycles. The fraction of sp³-hybridized carbons (Fsp3) is 0.556. The van der Waals surface area contributed by atoms with Crippen molar-refractivity contribution in [1.29, 1.82) is 0 Å². The zero-order valence-electron chi connectivity index (χ0n) is 14.7. The van der Waals surface area contributed by atoms with E-state index in [1.165, 1.54) is 0 Å². The van der Waals surface area contributed by atoms with E-state index in [-0.39, 0.29) is 24.8 Å². The number of nitrogens with one attached hydrogen (secondary N) is 1. The number of rotatable bonds is 3. The van der Waals surface area contributed by atoms with Crippen molar-refractivity contribution in [2.24, 2.45) is 0 Å². The number of alkyl carbamates (subject to hydrolysis) is 1. The number of nitrogens with zero attached hydrogens (tertiary/aromatic N) is 1. The molecule has 1 fully saturated rings. The third kappa shape index (κ3) is 5.44. The second kappa shape index (κ2) is 7.55. The fourth-order valence-corrected chi connectivity index (χ4v) is 2.67. The topological polar surface area (TPSA) is 67.9 Å². The maximum absolute atomic E-state index is 12.2. The van der Waals surface area contributed by atoms with E-state index in [1.54, 1.807) is 4.90 Å². The van der Waals surface area contributed by atoms with Gasteiger partial charge in [0.25, 0.3) is 0 Å². The highest BCUT2D eigenvalue weighted by atomic mass is 16.6. The first kappa shape index (κ1) is 18.1. The molecule has 6 heteroatoms. The van der Waals surface area contributed by atoms with E-state index in [0.29, 0.717) is 13.0 Å². The lowest BCUT2D eigenvalue weighted by Gasteiger charge is -2.22. The van der Waals surface area contributed by atoms with Crippen LogP contribution in [0, 0.1) is 0 Å². The molecular formula is C18H26N2O4. The molecule has 132 valence electrons. The zero-order chi connectivity index (χ0) is 17.7. The summed E-state index contributed by atoms with van der Waals surface area (Å²) in [5.41, 5.74) is 0.406. The van der Waals surface area contributed by atoms with Crippen molar-refractivity contribution in [3.63, 3.8) is 0 Å². The van der Waals surface area contributed by atoms with Crippen molar-refractivity contribution >= 4 is 12.2 Å². The van der Waals surface area contributed by atoms with E-state index in [2.05, 4.69) is 5.32 Å². The van der Waals surface area contributed by atoms with Crippen LogP contribution in [0.3, 0.4) is 0 Å². The van der Waals surface area contributed by atoms with Gasteiger partial charge < -0.3 is 19.7 Å². The van der Waals surface area contributed by atoms with Gasteiger partial charge in [-0.1, -0.05) is 30.3 Å². The van der Waals surface area contributed by atoms with Gasteiger partial charge in [-0.15, -0.1) is 0 Å². The number of ether oxygens (including phenoxy) is 2. The second-order valence-electron chi connectivity index (χ2n) is 7.12. The maximum atomic E-state index is 12.2. The predicted molar refractivity (Wildman–Crippen MR) is 90.6 cm³/mol. The number of carbonyl (C=O) groups is 2. The first-order valence-corrected chi connectivity index (χ1v) is 8.21. The summed E-state index contributed by atoms with van der Waals surface area (Å²) in [4.78, 5) is 25.7.